The van der Waals surface area contributed by atoms with Gasteiger partial charge in [0.2, 0.25) is 5.91 Å². The fourth-order valence-electron chi connectivity index (χ4n) is 3.92. The van der Waals surface area contributed by atoms with Crippen molar-refractivity contribution in [3.05, 3.63) is 64.7 Å². The monoisotopic (exact) mass is 321 g/mol. The molecule has 1 saturated heterocycles. The number of benzene rings is 2. The van der Waals surface area contributed by atoms with Crippen molar-refractivity contribution in [2.24, 2.45) is 0 Å². The Bertz CT molecular complexity index is 783. The van der Waals surface area contributed by atoms with E-state index in [0.717, 1.165) is 30.7 Å². The summed E-state index contributed by atoms with van der Waals surface area (Å²) in [6.45, 7) is 5.58. The molecule has 3 heteroatoms. The zero-order valence-electron chi connectivity index (χ0n) is 14.3. The van der Waals surface area contributed by atoms with Crippen molar-refractivity contribution in [2.75, 3.05) is 13.2 Å². The summed E-state index contributed by atoms with van der Waals surface area (Å²) < 4.78 is 5.72. The molecule has 2 aliphatic rings. The minimum Gasteiger partial charge on any atom is -0.492 e. The number of hydrogen-bond donors (Lipinski definition) is 0. The number of rotatable bonds is 2. The van der Waals surface area contributed by atoms with Crippen LogP contribution in [0.15, 0.2) is 42.5 Å². The van der Waals surface area contributed by atoms with Crippen molar-refractivity contribution in [2.45, 2.75) is 38.6 Å². The second-order valence-electron chi connectivity index (χ2n) is 6.93. The Labute approximate surface area is 143 Å². The van der Waals surface area contributed by atoms with E-state index in [9.17, 15) is 4.79 Å². The van der Waals surface area contributed by atoms with Crippen molar-refractivity contribution in [1.29, 1.82) is 0 Å². The third kappa shape index (κ3) is 2.48. The predicted molar refractivity (Wildman–Crippen MR) is 94.3 cm³/mol. The number of para-hydroxylation sites is 1. The number of carbonyl (C=O) groups is 1. The van der Waals surface area contributed by atoms with E-state index in [4.69, 9.17) is 4.74 Å². The van der Waals surface area contributed by atoms with E-state index in [0.29, 0.717) is 6.61 Å². The molecule has 24 heavy (non-hydrogen) atoms. The van der Waals surface area contributed by atoms with E-state index in [1.54, 1.807) is 0 Å². The largest absolute Gasteiger partial charge is 0.492 e. The molecule has 2 unspecified atom stereocenters. The number of fused-ring (bicyclic) bond motifs is 1. The summed E-state index contributed by atoms with van der Waals surface area (Å²) >= 11 is 0. The maximum absolute atomic E-state index is 13.2. The van der Waals surface area contributed by atoms with Crippen molar-refractivity contribution in [1.82, 2.24) is 4.90 Å². The first-order valence-corrected chi connectivity index (χ1v) is 8.74. The van der Waals surface area contributed by atoms with Gasteiger partial charge in [-0.05, 0) is 49.4 Å². The lowest BCUT2D eigenvalue weighted by Crippen LogP contribution is -2.35. The minimum atomic E-state index is -0.159. The number of carbonyl (C=O) groups excluding carboxylic acids is 1. The molecule has 3 nitrogen and oxygen atoms in total. The van der Waals surface area contributed by atoms with Gasteiger partial charge < -0.3 is 9.64 Å². The Morgan fingerprint density at radius 3 is 2.79 bits per heavy atom. The number of hydrogen-bond acceptors (Lipinski definition) is 2. The Hall–Kier alpha value is -2.29. The highest BCUT2D eigenvalue weighted by molar-refractivity contribution is 5.86. The topological polar surface area (TPSA) is 29.5 Å². The molecule has 2 aliphatic heterocycles. The van der Waals surface area contributed by atoms with Gasteiger partial charge in [0.1, 0.15) is 18.3 Å². The smallest absolute Gasteiger partial charge is 0.234 e. The van der Waals surface area contributed by atoms with Gasteiger partial charge in [-0.2, -0.15) is 0 Å². The number of amides is 1. The minimum absolute atomic E-state index is 0.159. The molecule has 0 spiro atoms. The molecule has 4 rings (SSSR count). The Balaban J connectivity index is 1.61. The normalized spacial score (nSPS) is 22.3. The van der Waals surface area contributed by atoms with E-state index in [1.165, 1.54) is 16.7 Å². The lowest BCUT2D eigenvalue weighted by atomic mass is 9.96. The van der Waals surface area contributed by atoms with Crippen LogP contribution in [-0.4, -0.2) is 24.0 Å². The highest BCUT2D eigenvalue weighted by atomic mass is 16.5. The second-order valence-corrected chi connectivity index (χ2v) is 6.93. The van der Waals surface area contributed by atoms with Crippen LogP contribution in [0.5, 0.6) is 5.75 Å². The molecule has 2 aromatic rings. The van der Waals surface area contributed by atoms with E-state index in [1.807, 2.05) is 24.3 Å². The fraction of sp³-hybridized carbons (Fsp3) is 0.381. The third-order valence-electron chi connectivity index (χ3n) is 5.45. The standard InChI is InChI=1S/C21H23NO2/c1-14-9-10-16(12-15(14)2)19-7-5-11-22(19)21(23)18-13-24-20-8-4-3-6-17(18)20/h3-4,6,8-10,12,18-19H,5,7,11,13H2,1-2H3. The summed E-state index contributed by atoms with van der Waals surface area (Å²) in [5.74, 6) is 0.909. The fourth-order valence-corrected chi connectivity index (χ4v) is 3.92. The molecule has 0 aliphatic carbocycles. The van der Waals surface area contributed by atoms with Gasteiger partial charge in [-0.3, -0.25) is 4.79 Å². The number of aryl methyl sites for hydroxylation is 2. The molecule has 1 fully saturated rings. The zero-order chi connectivity index (χ0) is 16.7. The molecule has 0 N–H and O–H groups in total. The number of likely N-dealkylation sites (tertiary alicyclic amines) is 1. The van der Waals surface area contributed by atoms with Crippen molar-refractivity contribution >= 4 is 5.91 Å². The lowest BCUT2D eigenvalue weighted by Gasteiger charge is -2.28. The van der Waals surface area contributed by atoms with Gasteiger partial charge in [0.25, 0.3) is 0 Å². The maximum atomic E-state index is 13.2. The van der Waals surface area contributed by atoms with Crippen LogP contribution in [0.25, 0.3) is 0 Å². The molecule has 0 radical (unpaired) electrons. The van der Waals surface area contributed by atoms with E-state index in [2.05, 4.69) is 36.9 Å². The SMILES string of the molecule is Cc1ccc(C2CCCN2C(=O)C2COc3ccccc32)cc1C. The molecule has 2 heterocycles. The summed E-state index contributed by atoms with van der Waals surface area (Å²) in [6, 6.07) is 14.7. The molecular weight excluding hydrogens is 298 g/mol. The van der Waals surface area contributed by atoms with Gasteiger partial charge in [-0.25, -0.2) is 0 Å². The summed E-state index contributed by atoms with van der Waals surface area (Å²) in [5.41, 5.74) is 4.89. The van der Waals surface area contributed by atoms with Crippen LogP contribution in [0.1, 0.15) is 47.1 Å². The van der Waals surface area contributed by atoms with Gasteiger partial charge in [0, 0.05) is 12.1 Å². The van der Waals surface area contributed by atoms with E-state index in [-0.39, 0.29) is 17.9 Å². The summed E-state index contributed by atoms with van der Waals surface area (Å²) in [7, 11) is 0. The maximum Gasteiger partial charge on any atom is 0.234 e. The third-order valence-corrected chi connectivity index (χ3v) is 5.45. The molecule has 1 amide bonds. The lowest BCUT2D eigenvalue weighted by molar-refractivity contribution is -0.134. The number of nitrogens with zero attached hydrogens (tertiary/aromatic N) is 1. The van der Waals surface area contributed by atoms with Gasteiger partial charge in [0.15, 0.2) is 0 Å². The van der Waals surface area contributed by atoms with Crippen molar-refractivity contribution in [3.8, 4) is 5.75 Å². The average Bonchev–Trinajstić information content (AvgIpc) is 3.23. The quantitative estimate of drug-likeness (QED) is 0.832. The molecule has 0 saturated carbocycles. The number of ether oxygens (including phenoxy) is 1. The average molecular weight is 321 g/mol. The van der Waals surface area contributed by atoms with Crippen molar-refractivity contribution < 1.29 is 9.53 Å². The first kappa shape index (κ1) is 15.3. The van der Waals surface area contributed by atoms with E-state index < -0.39 is 0 Å². The van der Waals surface area contributed by atoms with Crippen LogP contribution in [0, 0.1) is 13.8 Å². The van der Waals surface area contributed by atoms with Crippen LogP contribution < -0.4 is 4.74 Å². The first-order valence-electron chi connectivity index (χ1n) is 8.74. The van der Waals surface area contributed by atoms with Gasteiger partial charge in [0.05, 0.1) is 6.04 Å². The Morgan fingerprint density at radius 1 is 1.12 bits per heavy atom. The zero-order valence-corrected chi connectivity index (χ0v) is 14.3. The highest BCUT2D eigenvalue weighted by Crippen LogP contribution is 2.39. The van der Waals surface area contributed by atoms with Crippen LogP contribution in [-0.2, 0) is 4.79 Å². The molecule has 2 atom stereocenters. The second kappa shape index (κ2) is 5.97. The molecule has 0 bridgehead atoms. The summed E-state index contributed by atoms with van der Waals surface area (Å²) in [4.78, 5) is 15.3. The molecule has 2 aromatic carbocycles. The first-order chi connectivity index (χ1) is 11.6. The van der Waals surface area contributed by atoms with Crippen LogP contribution in [0.4, 0.5) is 0 Å². The molecule has 124 valence electrons. The highest BCUT2D eigenvalue weighted by Gasteiger charge is 2.38. The predicted octanol–water partition coefficient (Wildman–Crippen LogP) is 4.14. The van der Waals surface area contributed by atoms with Gasteiger partial charge in [-0.15, -0.1) is 0 Å². The van der Waals surface area contributed by atoms with Crippen molar-refractivity contribution in [3.63, 3.8) is 0 Å². The van der Waals surface area contributed by atoms with Crippen LogP contribution in [0.3, 0.4) is 0 Å². The van der Waals surface area contributed by atoms with Gasteiger partial charge in [-0.1, -0.05) is 36.4 Å². The van der Waals surface area contributed by atoms with Crippen LogP contribution in [0.2, 0.25) is 0 Å². The Kier molecular flexibility index (Phi) is 3.79. The molecular formula is C21H23NO2. The summed E-state index contributed by atoms with van der Waals surface area (Å²) in [5, 5.41) is 0. The molecule has 0 aromatic heterocycles. The summed E-state index contributed by atoms with van der Waals surface area (Å²) in [6.07, 6.45) is 2.11. The van der Waals surface area contributed by atoms with Crippen LogP contribution >= 0.6 is 0 Å². The van der Waals surface area contributed by atoms with E-state index >= 15 is 0 Å². The van der Waals surface area contributed by atoms with Gasteiger partial charge >= 0.3 is 0 Å². The Morgan fingerprint density at radius 2 is 1.96 bits per heavy atom.